The van der Waals surface area contributed by atoms with Gasteiger partial charge in [0.25, 0.3) is 0 Å². The number of hydrogen-bond acceptors (Lipinski definition) is 4. The maximum Gasteiger partial charge on any atom is 0.334 e. The number of aliphatic hydroxyl groups excluding tert-OH is 1. The summed E-state index contributed by atoms with van der Waals surface area (Å²) in [5, 5.41) is 11.3. The molecule has 2 heterocycles. The molecule has 1 spiro atoms. The van der Waals surface area contributed by atoms with Crippen molar-refractivity contribution in [3.63, 3.8) is 0 Å². The minimum Gasteiger partial charge on any atom is -0.458 e. The molecule has 1 saturated heterocycles. The Morgan fingerprint density at radius 1 is 1.17 bits per heavy atom. The second-order valence-corrected chi connectivity index (χ2v) is 9.85. The SMILES string of the molecule is CC1(C)CCC[C@@]2(C)[C@H]1C[C@@H](O)[C@@]1(C)C3=C(C[C@H]4O[C@@]421)C(=O)OC3. The zero-order valence-electron chi connectivity index (χ0n) is 15.1. The molecule has 0 aromatic rings. The molecule has 2 saturated carbocycles. The second-order valence-electron chi connectivity index (χ2n) is 9.85. The first-order valence-electron chi connectivity index (χ1n) is 9.44. The average molecular weight is 332 g/mol. The van der Waals surface area contributed by atoms with Crippen molar-refractivity contribution in [3.05, 3.63) is 11.1 Å². The van der Waals surface area contributed by atoms with E-state index in [2.05, 4.69) is 27.7 Å². The largest absolute Gasteiger partial charge is 0.458 e. The molecule has 4 heteroatoms. The Kier molecular flexibility index (Phi) is 2.62. The summed E-state index contributed by atoms with van der Waals surface area (Å²) in [6.07, 6.45) is 4.62. The van der Waals surface area contributed by atoms with E-state index in [1.807, 2.05) is 0 Å². The van der Waals surface area contributed by atoms with Crippen molar-refractivity contribution >= 4 is 5.97 Å². The fourth-order valence-corrected chi connectivity index (χ4v) is 7.50. The summed E-state index contributed by atoms with van der Waals surface area (Å²) in [4.78, 5) is 12.1. The zero-order valence-corrected chi connectivity index (χ0v) is 15.1. The molecule has 1 N–H and O–H groups in total. The van der Waals surface area contributed by atoms with Crippen LogP contribution in [0, 0.1) is 22.2 Å². The van der Waals surface area contributed by atoms with E-state index in [0.717, 1.165) is 24.0 Å². The van der Waals surface area contributed by atoms with Crippen LogP contribution in [0.5, 0.6) is 0 Å². The topological polar surface area (TPSA) is 59.1 Å². The van der Waals surface area contributed by atoms with Crippen molar-refractivity contribution in [2.24, 2.45) is 22.2 Å². The van der Waals surface area contributed by atoms with Crippen LogP contribution < -0.4 is 0 Å². The molecule has 132 valence electrons. The fraction of sp³-hybridized carbons (Fsp3) is 0.850. The number of cyclic esters (lactones) is 1. The molecule has 0 radical (unpaired) electrons. The summed E-state index contributed by atoms with van der Waals surface area (Å²) >= 11 is 0. The maximum atomic E-state index is 12.1. The lowest BCUT2D eigenvalue weighted by atomic mass is 9.39. The van der Waals surface area contributed by atoms with Gasteiger partial charge in [-0.1, -0.05) is 34.1 Å². The molecule has 2 aliphatic heterocycles. The highest BCUT2D eigenvalue weighted by Crippen LogP contribution is 2.77. The van der Waals surface area contributed by atoms with Gasteiger partial charge in [-0.25, -0.2) is 4.79 Å². The molecule has 0 aromatic heterocycles. The first-order valence-corrected chi connectivity index (χ1v) is 9.44. The summed E-state index contributed by atoms with van der Waals surface area (Å²) in [5.41, 5.74) is 1.26. The quantitative estimate of drug-likeness (QED) is 0.547. The van der Waals surface area contributed by atoms with Gasteiger partial charge in [-0.05, 0) is 36.2 Å². The van der Waals surface area contributed by atoms with Crippen LogP contribution in [0.15, 0.2) is 11.1 Å². The molecule has 4 nitrogen and oxygen atoms in total. The van der Waals surface area contributed by atoms with E-state index in [1.165, 1.54) is 12.8 Å². The van der Waals surface area contributed by atoms with Gasteiger partial charge in [-0.3, -0.25) is 0 Å². The standard InChI is InChI=1S/C20H28O4/c1-17(2)6-5-7-18(3)13(17)9-14(21)19(4)12-10-23-16(22)11(12)8-15-20(18,19)24-15/h13-15,21H,5-10H2,1-4H3/t13-,14+,15+,18-,19+,20-/m0/s1. The molecule has 5 rings (SSSR count). The predicted molar refractivity (Wildman–Crippen MR) is 88.2 cm³/mol. The van der Waals surface area contributed by atoms with E-state index in [0.29, 0.717) is 18.9 Å². The molecule has 6 atom stereocenters. The van der Waals surface area contributed by atoms with E-state index >= 15 is 0 Å². The van der Waals surface area contributed by atoms with Gasteiger partial charge >= 0.3 is 5.97 Å². The second kappa shape index (κ2) is 4.09. The third-order valence-electron chi connectivity index (χ3n) is 8.67. The monoisotopic (exact) mass is 332 g/mol. The number of ether oxygens (including phenoxy) is 2. The Bertz CT molecular complexity index is 679. The third kappa shape index (κ3) is 1.37. The van der Waals surface area contributed by atoms with Crippen molar-refractivity contribution in [1.29, 1.82) is 0 Å². The van der Waals surface area contributed by atoms with Crippen molar-refractivity contribution in [1.82, 2.24) is 0 Å². The number of aliphatic hydroxyl groups is 1. The smallest absolute Gasteiger partial charge is 0.334 e. The van der Waals surface area contributed by atoms with Gasteiger partial charge in [-0.15, -0.1) is 0 Å². The number of hydrogen-bond donors (Lipinski definition) is 1. The number of esters is 1. The van der Waals surface area contributed by atoms with Crippen LogP contribution in [-0.4, -0.2) is 35.5 Å². The van der Waals surface area contributed by atoms with Gasteiger partial charge < -0.3 is 14.6 Å². The lowest BCUT2D eigenvalue weighted by Gasteiger charge is -2.64. The van der Waals surface area contributed by atoms with Gasteiger partial charge in [0.15, 0.2) is 0 Å². The molecule has 0 unspecified atom stereocenters. The Morgan fingerprint density at radius 3 is 2.67 bits per heavy atom. The molecular formula is C20H28O4. The Hall–Kier alpha value is -0.870. The van der Waals surface area contributed by atoms with E-state index in [1.54, 1.807) is 0 Å². The summed E-state index contributed by atoms with van der Waals surface area (Å²) in [7, 11) is 0. The minimum atomic E-state index is -0.490. The van der Waals surface area contributed by atoms with Gasteiger partial charge in [0, 0.05) is 17.4 Å². The van der Waals surface area contributed by atoms with Crippen molar-refractivity contribution in [2.75, 3.05) is 6.61 Å². The first kappa shape index (κ1) is 15.4. The first-order chi connectivity index (χ1) is 11.2. The fourth-order valence-electron chi connectivity index (χ4n) is 7.50. The zero-order chi connectivity index (χ0) is 17.1. The van der Waals surface area contributed by atoms with Gasteiger partial charge in [-0.2, -0.15) is 0 Å². The van der Waals surface area contributed by atoms with E-state index in [-0.39, 0.29) is 28.5 Å². The highest BCUT2D eigenvalue weighted by atomic mass is 16.6. The summed E-state index contributed by atoms with van der Waals surface area (Å²) in [6.45, 7) is 9.58. The van der Waals surface area contributed by atoms with Crippen LogP contribution in [0.3, 0.4) is 0 Å². The normalized spacial score (nSPS) is 54.4. The van der Waals surface area contributed by atoms with Gasteiger partial charge in [0.1, 0.15) is 12.2 Å². The van der Waals surface area contributed by atoms with Crippen molar-refractivity contribution in [3.8, 4) is 0 Å². The molecule has 0 amide bonds. The van der Waals surface area contributed by atoms with Gasteiger partial charge in [0.05, 0.1) is 17.6 Å². The summed E-state index contributed by atoms with van der Waals surface area (Å²) in [5.74, 6) is 0.255. The lowest BCUT2D eigenvalue weighted by molar-refractivity contribution is -0.182. The number of carbonyl (C=O) groups excluding carboxylic acids is 1. The molecule has 5 aliphatic rings. The van der Waals surface area contributed by atoms with Crippen molar-refractivity contribution < 1.29 is 19.4 Å². The average Bonchev–Trinajstić information content (AvgIpc) is 3.14. The number of epoxide rings is 1. The van der Waals surface area contributed by atoms with Crippen LogP contribution >= 0.6 is 0 Å². The number of carbonyl (C=O) groups is 1. The molecule has 3 aliphatic carbocycles. The lowest BCUT2D eigenvalue weighted by Crippen LogP contribution is -2.67. The molecule has 24 heavy (non-hydrogen) atoms. The van der Waals surface area contributed by atoms with Crippen LogP contribution in [0.1, 0.15) is 59.8 Å². The number of rotatable bonds is 0. The van der Waals surface area contributed by atoms with Crippen LogP contribution in [0.4, 0.5) is 0 Å². The van der Waals surface area contributed by atoms with Crippen LogP contribution in [-0.2, 0) is 14.3 Å². The van der Waals surface area contributed by atoms with E-state index in [4.69, 9.17) is 9.47 Å². The molecular weight excluding hydrogens is 304 g/mol. The van der Waals surface area contributed by atoms with E-state index in [9.17, 15) is 9.90 Å². The third-order valence-corrected chi connectivity index (χ3v) is 8.67. The molecule has 0 aromatic carbocycles. The Labute approximate surface area is 143 Å². The summed E-state index contributed by atoms with van der Waals surface area (Å²) in [6, 6.07) is 0. The van der Waals surface area contributed by atoms with Crippen LogP contribution in [0.25, 0.3) is 0 Å². The highest BCUT2D eigenvalue weighted by Gasteiger charge is 2.83. The van der Waals surface area contributed by atoms with Crippen molar-refractivity contribution in [2.45, 2.75) is 77.6 Å². The van der Waals surface area contributed by atoms with Gasteiger partial charge in [0.2, 0.25) is 0 Å². The molecule has 3 fully saturated rings. The predicted octanol–water partition coefficient (Wildman–Crippen LogP) is 2.98. The number of fused-ring (bicyclic) bond motifs is 2. The molecule has 0 bridgehead atoms. The Balaban J connectivity index is 1.71. The summed E-state index contributed by atoms with van der Waals surface area (Å²) < 4.78 is 11.8. The van der Waals surface area contributed by atoms with Crippen LogP contribution in [0.2, 0.25) is 0 Å². The van der Waals surface area contributed by atoms with E-state index < -0.39 is 11.5 Å². The maximum absolute atomic E-state index is 12.1. The minimum absolute atomic E-state index is 0.0531. The highest BCUT2D eigenvalue weighted by molar-refractivity contribution is 5.93. The Morgan fingerprint density at radius 2 is 1.92 bits per heavy atom.